The van der Waals surface area contributed by atoms with Crippen molar-refractivity contribution >= 4 is 11.6 Å². The van der Waals surface area contributed by atoms with Crippen LogP contribution in [0, 0.1) is 5.82 Å². The Kier molecular flexibility index (Phi) is 5.20. The Morgan fingerprint density at radius 3 is 2.89 bits per heavy atom. The molecule has 106 valence electrons. The zero-order chi connectivity index (χ0) is 13.8. The topological polar surface area (TPSA) is 15.3 Å². The van der Waals surface area contributed by atoms with E-state index in [-0.39, 0.29) is 10.8 Å². The molecule has 1 aliphatic rings. The zero-order valence-electron chi connectivity index (χ0n) is 11.6. The fourth-order valence-corrected chi connectivity index (χ4v) is 2.73. The number of hydrogen-bond donors (Lipinski definition) is 1. The van der Waals surface area contributed by atoms with Crippen LogP contribution in [0.4, 0.5) is 4.39 Å². The molecule has 19 heavy (non-hydrogen) atoms. The van der Waals surface area contributed by atoms with E-state index in [1.54, 1.807) is 6.07 Å². The van der Waals surface area contributed by atoms with Crippen molar-refractivity contribution in [2.45, 2.75) is 45.3 Å². The predicted octanol–water partition coefficient (Wildman–Crippen LogP) is 3.44. The van der Waals surface area contributed by atoms with Crippen molar-refractivity contribution in [1.82, 2.24) is 10.2 Å². The Morgan fingerprint density at radius 1 is 1.47 bits per heavy atom. The standard InChI is InChI=1S/C15H22ClFN2/c1-11(2)19(10-13-6-4-8-18-13)9-12-5-3-7-14(17)15(12)16/h3,5,7,11,13,18H,4,6,8-10H2,1-2H3. The van der Waals surface area contributed by atoms with Gasteiger partial charge in [0.2, 0.25) is 0 Å². The van der Waals surface area contributed by atoms with E-state index < -0.39 is 0 Å². The van der Waals surface area contributed by atoms with Crippen LogP contribution in [-0.4, -0.2) is 30.1 Å². The largest absolute Gasteiger partial charge is 0.313 e. The van der Waals surface area contributed by atoms with Crippen molar-refractivity contribution < 1.29 is 4.39 Å². The monoisotopic (exact) mass is 284 g/mol. The summed E-state index contributed by atoms with van der Waals surface area (Å²) in [7, 11) is 0. The summed E-state index contributed by atoms with van der Waals surface area (Å²) >= 11 is 6.04. The highest BCUT2D eigenvalue weighted by Gasteiger charge is 2.20. The van der Waals surface area contributed by atoms with Crippen molar-refractivity contribution in [2.75, 3.05) is 13.1 Å². The highest BCUT2D eigenvalue weighted by atomic mass is 35.5. The summed E-state index contributed by atoms with van der Waals surface area (Å²) in [5, 5.41) is 3.76. The van der Waals surface area contributed by atoms with E-state index in [1.165, 1.54) is 18.9 Å². The Balaban J connectivity index is 2.05. The van der Waals surface area contributed by atoms with Crippen LogP contribution in [0.5, 0.6) is 0 Å². The molecule has 1 aromatic carbocycles. The number of benzene rings is 1. The van der Waals surface area contributed by atoms with Crippen LogP contribution in [0.15, 0.2) is 18.2 Å². The van der Waals surface area contributed by atoms with Gasteiger partial charge in [-0.15, -0.1) is 0 Å². The van der Waals surface area contributed by atoms with Crippen molar-refractivity contribution in [3.63, 3.8) is 0 Å². The molecular weight excluding hydrogens is 263 g/mol. The molecule has 1 saturated heterocycles. The molecule has 0 aliphatic carbocycles. The van der Waals surface area contributed by atoms with E-state index in [1.807, 2.05) is 6.07 Å². The molecule has 1 aromatic rings. The van der Waals surface area contributed by atoms with Gasteiger partial charge in [0, 0.05) is 25.2 Å². The summed E-state index contributed by atoms with van der Waals surface area (Å²) in [6.45, 7) is 7.14. The van der Waals surface area contributed by atoms with E-state index >= 15 is 0 Å². The number of rotatable bonds is 5. The third-order valence-electron chi connectivity index (χ3n) is 3.75. The first kappa shape index (κ1) is 14.8. The lowest BCUT2D eigenvalue weighted by Gasteiger charge is -2.29. The molecule has 1 aliphatic heterocycles. The first-order valence-electron chi connectivity index (χ1n) is 6.98. The molecule has 1 heterocycles. The number of halogens is 2. The minimum Gasteiger partial charge on any atom is -0.313 e. The fraction of sp³-hybridized carbons (Fsp3) is 0.600. The highest BCUT2D eigenvalue weighted by Crippen LogP contribution is 2.22. The first-order chi connectivity index (χ1) is 9.08. The van der Waals surface area contributed by atoms with Gasteiger partial charge in [0.15, 0.2) is 0 Å². The lowest BCUT2D eigenvalue weighted by molar-refractivity contribution is 0.194. The smallest absolute Gasteiger partial charge is 0.142 e. The summed E-state index contributed by atoms with van der Waals surface area (Å²) in [5.74, 6) is -0.332. The second-order valence-corrected chi connectivity index (χ2v) is 5.91. The van der Waals surface area contributed by atoms with Gasteiger partial charge in [0.25, 0.3) is 0 Å². The van der Waals surface area contributed by atoms with Gasteiger partial charge >= 0.3 is 0 Å². The maximum atomic E-state index is 13.5. The number of nitrogens with one attached hydrogen (secondary N) is 1. The van der Waals surface area contributed by atoms with Crippen molar-refractivity contribution in [2.24, 2.45) is 0 Å². The average molecular weight is 285 g/mol. The van der Waals surface area contributed by atoms with Gasteiger partial charge in [0.05, 0.1) is 5.02 Å². The van der Waals surface area contributed by atoms with Crippen LogP contribution in [0.2, 0.25) is 5.02 Å². The molecule has 0 bridgehead atoms. The lowest BCUT2D eigenvalue weighted by atomic mass is 10.1. The van der Waals surface area contributed by atoms with Gasteiger partial charge in [-0.2, -0.15) is 0 Å². The van der Waals surface area contributed by atoms with E-state index in [2.05, 4.69) is 24.1 Å². The molecule has 4 heteroatoms. The number of nitrogens with zero attached hydrogens (tertiary/aromatic N) is 1. The van der Waals surface area contributed by atoms with Gasteiger partial charge < -0.3 is 5.32 Å². The average Bonchev–Trinajstić information content (AvgIpc) is 2.86. The third-order valence-corrected chi connectivity index (χ3v) is 4.18. The lowest BCUT2D eigenvalue weighted by Crippen LogP contribution is -2.40. The van der Waals surface area contributed by atoms with Crippen molar-refractivity contribution in [3.05, 3.63) is 34.6 Å². The minimum absolute atomic E-state index is 0.257. The molecule has 0 amide bonds. The summed E-state index contributed by atoms with van der Waals surface area (Å²) in [6, 6.07) is 6.01. The quantitative estimate of drug-likeness (QED) is 0.891. The van der Waals surface area contributed by atoms with Gasteiger partial charge in [-0.3, -0.25) is 4.90 Å². The van der Waals surface area contributed by atoms with Crippen LogP contribution >= 0.6 is 11.6 Å². The van der Waals surface area contributed by atoms with Gasteiger partial charge in [-0.25, -0.2) is 4.39 Å². The minimum atomic E-state index is -0.332. The van der Waals surface area contributed by atoms with Crippen LogP contribution in [0.1, 0.15) is 32.3 Å². The van der Waals surface area contributed by atoms with Crippen LogP contribution in [-0.2, 0) is 6.54 Å². The van der Waals surface area contributed by atoms with E-state index in [9.17, 15) is 4.39 Å². The normalized spacial score (nSPS) is 19.6. The van der Waals surface area contributed by atoms with Crippen LogP contribution < -0.4 is 5.32 Å². The Morgan fingerprint density at radius 2 is 2.26 bits per heavy atom. The summed E-state index contributed by atoms with van der Waals surface area (Å²) in [5.41, 5.74) is 0.869. The fourth-order valence-electron chi connectivity index (χ4n) is 2.54. The molecular formula is C15H22ClFN2. The summed E-state index contributed by atoms with van der Waals surface area (Å²) in [4.78, 5) is 2.35. The molecule has 1 fully saturated rings. The third kappa shape index (κ3) is 3.91. The Labute approximate surface area is 119 Å². The second kappa shape index (κ2) is 6.69. The molecule has 1 N–H and O–H groups in total. The van der Waals surface area contributed by atoms with Crippen LogP contribution in [0.3, 0.4) is 0 Å². The molecule has 0 aromatic heterocycles. The Bertz CT molecular complexity index is 417. The summed E-state index contributed by atoms with van der Waals surface area (Å²) in [6.07, 6.45) is 2.47. The molecule has 1 atom stereocenters. The molecule has 2 rings (SSSR count). The van der Waals surface area contributed by atoms with E-state index in [4.69, 9.17) is 11.6 Å². The first-order valence-corrected chi connectivity index (χ1v) is 7.36. The Hall–Kier alpha value is -0.640. The van der Waals surface area contributed by atoms with Gasteiger partial charge in [0.1, 0.15) is 5.82 Å². The van der Waals surface area contributed by atoms with E-state index in [0.717, 1.165) is 18.7 Å². The van der Waals surface area contributed by atoms with Crippen molar-refractivity contribution in [1.29, 1.82) is 0 Å². The van der Waals surface area contributed by atoms with Crippen molar-refractivity contribution in [3.8, 4) is 0 Å². The maximum Gasteiger partial charge on any atom is 0.142 e. The molecule has 0 radical (unpaired) electrons. The van der Waals surface area contributed by atoms with Gasteiger partial charge in [-0.05, 0) is 44.9 Å². The highest BCUT2D eigenvalue weighted by molar-refractivity contribution is 6.31. The molecule has 0 spiro atoms. The predicted molar refractivity (Wildman–Crippen MR) is 78.0 cm³/mol. The maximum absolute atomic E-state index is 13.5. The molecule has 1 unspecified atom stereocenters. The van der Waals surface area contributed by atoms with E-state index in [0.29, 0.717) is 18.6 Å². The molecule has 2 nitrogen and oxygen atoms in total. The van der Waals surface area contributed by atoms with Crippen LogP contribution in [0.25, 0.3) is 0 Å². The SMILES string of the molecule is CC(C)N(Cc1cccc(F)c1Cl)CC1CCCN1. The second-order valence-electron chi connectivity index (χ2n) is 5.53. The molecule has 0 saturated carbocycles. The summed E-state index contributed by atoms with van der Waals surface area (Å²) < 4.78 is 13.5. The zero-order valence-corrected chi connectivity index (χ0v) is 12.4. The number of hydrogen-bond acceptors (Lipinski definition) is 2. The van der Waals surface area contributed by atoms with Gasteiger partial charge in [-0.1, -0.05) is 23.7 Å².